The molecule has 10 heavy (non-hydrogen) atoms. The van der Waals surface area contributed by atoms with Crippen molar-refractivity contribution in [2.24, 2.45) is 0 Å². The van der Waals surface area contributed by atoms with Gasteiger partial charge in [-0.2, -0.15) is 0 Å². The Labute approximate surface area is 94.3 Å². The molecule has 0 saturated heterocycles. The molecule has 51 valence electrons. The van der Waals surface area contributed by atoms with E-state index < -0.39 is 0 Å². The van der Waals surface area contributed by atoms with Gasteiger partial charge in [0, 0.05) is 29.6 Å². The SMILES string of the molecule is C1=CC=C[I-]OCC=C1.[Na]. The predicted molar refractivity (Wildman–Crippen MR) is 39.1 cm³/mol. The molecule has 0 amide bonds. The molecule has 0 aromatic heterocycles. The molecule has 3 heteroatoms. The zero-order valence-corrected chi connectivity index (χ0v) is 10.1. The molecule has 1 radical (unpaired) electrons. The summed E-state index contributed by atoms with van der Waals surface area (Å²) in [7, 11) is 0. The van der Waals surface area contributed by atoms with E-state index in [0.29, 0.717) is 0 Å². The fourth-order valence-electron chi connectivity index (χ4n) is 0.443. The first-order valence-corrected chi connectivity index (χ1v) is 4.86. The van der Waals surface area contributed by atoms with E-state index in [1.807, 2.05) is 30.4 Å². The van der Waals surface area contributed by atoms with E-state index >= 15 is 0 Å². The largest absolute Gasteiger partial charge is 0 e. The summed E-state index contributed by atoms with van der Waals surface area (Å²) >= 11 is -0.131. The van der Waals surface area contributed by atoms with Crippen LogP contribution in [0.15, 0.2) is 34.5 Å². The Balaban J connectivity index is 0.000000810. The minimum absolute atomic E-state index is 0. The number of halogens is 1. The van der Waals surface area contributed by atoms with Gasteiger partial charge in [0.25, 0.3) is 0 Å². The van der Waals surface area contributed by atoms with Gasteiger partial charge in [-0.1, -0.05) is 0 Å². The second-order valence-corrected chi connectivity index (χ2v) is 3.35. The zero-order valence-electron chi connectivity index (χ0n) is 5.96. The Hall–Kier alpha value is 0.910. The molecule has 0 spiro atoms. The Morgan fingerprint density at radius 2 is 1.90 bits per heavy atom. The summed E-state index contributed by atoms with van der Waals surface area (Å²) in [5, 5.41) is 0. The molecule has 0 unspecified atom stereocenters. The molecule has 0 bridgehead atoms. The van der Waals surface area contributed by atoms with Crippen molar-refractivity contribution >= 4 is 29.6 Å². The molecule has 1 nitrogen and oxygen atoms in total. The maximum Gasteiger partial charge on any atom is 0 e. The summed E-state index contributed by atoms with van der Waals surface area (Å²) in [6, 6.07) is 0. The molecule has 0 atom stereocenters. The Morgan fingerprint density at radius 3 is 2.80 bits per heavy atom. The van der Waals surface area contributed by atoms with E-state index in [-0.39, 0.29) is 51.2 Å². The molecule has 1 heterocycles. The Kier molecular flexibility index (Phi) is 8.74. The molecule has 0 aromatic carbocycles. The van der Waals surface area contributed by atoms with Gasteiger partial charge < -0.3 is 0 Å². The fourth-order valence-corrected chi connectivity index (χ4v) is 1.48. The molecule has 0 aliphatic carbocycles. The first-order chi connectivity index (χ1) is 4.50. The third-order valence-corrected chi connectivity index (χ3v) is 2.24. The van der Waals surface area contributed by atoms with Crippen LogP contribution < -0.4 is 21.6 Å². The number of rotatable bonds is 0. The Morgan fingerprint density at radius 1 is 1.10 bits per heavy atom. The average Bonchev–Trinajstić information content (AvgIpc) is 2.00. The van der Waals surface area contributed by atoms with Gasteiger partial charge in [-0.3, -0.25) is 0 Å². The normalized spacial score (nSPS) is 17.6. The van der Waals surface area contributed by atoms with E-state index in [1.165, 1.54) is 0 Å². The maximum atomic E-state index is 5.25. The number of allylic oxidation sites excluding steroid dienone is 4. The number of hydrogen-bond acceptors (Lipinski definition) is 1. The topological polar surface area (TPSA) is 9.23 Å². The summed E-state index contributed by atoms with van der Waals surface area (Å²) in [6.07, 6.45) is 10.1. The van der Waals surface area contributed by atoms with Crippen molar-refractivity contribution < 1.29 is 24.7 Å². The van der Waals surface area contributed by atoms with Crippen molar-refractivity contribution in [3.8, 4) is 0 Å². The summed E-state index contributed by atoms with van der Waals surface area (Å²) in [4.78, 5) is 0. The smallest absolute Gasteiger partial charge is 0 e. The van der Waals surface area contributed by atoms with E-state index in [0.717, 1.165) is 6.61 Å². The van der Waals surface area contributed by atoms with Crippen molar-refractivity contribution in [3.63, 3.8) is 0 Å². The van der Waals surface area contributed by atoms with Crippen molar-refractivity contribution in [1.29, 1.82) is 0 Å². The van der Waals surface area contributed by atoms with Crippen LogP contribution >= 0.6 is 0 Å². The molecule has 1 rings (SSSR count). The van der Waals surface area contributed by atoms with Crippen LogP contribution in [-0.4, -0.2) is 36.2 Å². The standard InChI is InChI=1S/C7H8IO.Na/c1-2-4-6-8-9-7-5-3-1;/h1-6H,7H2;/q-1;. The van der Waals surface area contributed by atoms with Gasteiger partial charge in [0.05, 0.1) is 0 Å². The molecule has 0 aromatic rings. The van der Waals surface area contributed by atoms with Crippen LogP contribution in [0.1, 0.15) is 0 Å². The summed E-state index contributed by atoms with van der Waals surface area (Å²) in [5.41, 5.74) is 0. The van der Waals surface area contributed by atoms with Crippen LogP contribution in [0, 0.1) is 0 Å². The second-order valence-electron chi connectivity index (χ2n) is 1.50. The van der Waals surface area contributed by atoms with Crippen LogP contribution in [-0.2, 0) is 3.07 Å². The zero-order chi connectivity index (χ0) is 6.36. The quantitative estimate of drug-likeness (QED) is 0.370. The van der Waals surface area contributed by atoms with Gasteiger partial charge >= 0.3 is 65.8 Å². The van der Waals surface area contributed by atoms with Gasteiger partial charge in [0.15, 0.2) is 0 Å². The summed E-state index contributed by atoms with van der Waals surface area (Å²) < 4.78 is 7.35. The minimum Gasteiger partial charge on any atom is 0 e. The fraction of sp³-hybridized carbons (Fsp3) is 0.143. The second kappa shape index (κ2) is 8.01. The monoisotopic (exact) mass is 258 g/mol. The van der Waals surface area contributed by atoms with Gasteiger partial charge in [-0.15, -0.1) is 0 Å². The first kappa shape index (κ1) is 10.9. The van der Waals surface area contributed by atoms with Gasteiger partial charge in [0.1, 0.15) is 0 Å². The van der Waals surface area contributed by atoms with Crippen LogP contribution in [0.25, 0.3) is 0 Å². The minimum atomic E-state index is -0.131. The van der Waals surface area contributed by atoms with Crippen LogP contribution in [0.4, 0.5) is 0 Å². The van der Waals surface area contributed by atoms with E-state index in [4.69, 9.17) is 3.07 Å². The molecule has 1 aliphatic rings. The van der Waals surface area contributed by atoms with E-state index in [9.17, 15) is 0 Å². The first-order valence-electron chi connectivity index (χ1n) is 2.74. The van der Waals surface area contributed by atoms with Crippen LogP contribution in [0.5, 0.6) is 0 Å². The van der Waals surface area contributed by atoms with Gasteiger partial charge in [-0.05, 0) is 0 Å². The maximum absolute atomic E-state index is 5.25. The third kappa shape index (κ3) is 5.68. The van der Waals surface area contributed by atoms with Crippen molar-refractivity contribution in [2.75, 3.05) is 6.61 Å². The third-order valence-electron chi connectivity index (χ3n) is 0.816. The van der Waals surface area contributed by atoms with Crippen molar-refractivity contribution in [3.05, 3.63) is 34.5 Å². The Bertz CT molecular complexity index is 136. The molecular formula is C7H8INaO-. The van der Waals surface area contributed by atoms with Crippen LogP contribution in [0.3, 0.4) is 0 Å². The van der Waals surface area contributed by atoms with Gasteiger partial charge in [-0.25, -0.2) is 0 Å². The molecule has 0 N–H and O–H groups in total. The summed E-state index contributed by atoms with van der Waals surface area (Å²) in [5.74, 6) is 0. The molecule has 0 fully saturated rings. The average molecular weight is 258 g/mol. The molecule has 0 saturated carbocycles. The summed E-state index contributed by atoms with van der Waals surface area (Å²) in [6.45, 7) is 0.766. The molecular weight excluding hydrogens is 250 g/mol. The van der Waals surface area contributed by atoms with Gasteiger partial charge in [0.2, 0.25) is 0 Å². The van der Waals surface area contributed by atoms with Crippen molar-refractivity contribution in [1.82, 2.24) is 0 Å². The van der Waals surface area contributed by atoms with E-state index in [2.05, 4.69) is 4.08 Å². The van der Waals surface area contributed by atoms with E-state index in [1.54, 1.807) is 0 Å². The predicted octanol–water partition coefficient (Wildman–Crippen LogP) is -1.73. The van der Waals surface area contributed by atoms with Crippen LogP contribution in [0.2, 0.25) is 0 Å². The van der Waals surface area contributed by atoms with Crippen molar-refractivity contribution in [2.45, 2.75) is 0 Å². The number of hydrogen-bond donors (Lipinski definition) is 0. The molecule has 1 aliphatic heterocycles.